The minimum atomic E-state index is -0.668. The van der Waals surface area contributed by atoms with E-state index in [-0.39, 0.29) is 18.5 Å². The van der Waals surface area contributed by atoms with Crippen molar-refractivity contribution in [2.24, 2.45) is 0 Å². The topological polar surface area (TPSA) is 95.9 Å². The molecule has 0 heterocycles. The fraction of sp³-hybridized carbons (Fsp3) is 0.891. The quantitative estimate of drug-likeness (QED) is 0.0322. The lowest BCUT2D eigenvalue weighted by molar-refractivity contribution is -0.143. The molecule has 2 atom stereocenters. The van der Waals surface area contributed by atoms with Crippen molar-refractivity contribution < 1.29 is 24.5 Å². The van der Waals surface area contributed by atoms with Gasteiger partial charge in [0.25, 0.3) is 0 Å². The molecule has 0 radical (unpaired) electrons. The number of carbonyl (C=O) groups is 2. The van der Waals surface area contributed by atoms with Crippen molar-refractivity contribution in [3.63, 3.8) is 0 Å². The number of aliphatic hydroxyl groups excluding tert-OH is 2. The number of ether oxygens (including phenoxy) is 1. The summed E-state index contributed by atoms with van der Waals surface area (Å²) in [5.74, 6) is -0.0529. The van der Waals surface area contributed by atoms with Gasteiger partial charge in [-0.2, -0.15) is 0 Å². The van der Waals surface area contributed by atoms with E-state index in [2.05, 4.69) is 43.5 Å². The average Bonchev–Trinajstić information content (AvgIpc) is 3.26. The highest BCUT2D eigenvalue weighted by Crippen LogP contribution is 2.17. The summed E-state index contributed by atoms with van der Waals surface area (Å²) in [6.45, 7) is 4.91. The molecule has 360 valence electrons. The number of carbonyl (C=O) groups excluding carboxylic acids is 2. The molecular weight excluding hydrogens is 755 g/mol. The zero-order valence-electron chi connectivity index (χ0n) is 40.9. The highest BCUT2D eigenvalue weighted by atomic mass is 16.5. The van der Waals surface area contributed by atoms with Crippen LogP contribution in [0.15, 0.2) is 24.3 Å². The van der Waals surface area contributed by atoms with Crippen molar-refractivity contribution in [2.75, 3.05) is 13.2 Å². The summed E-state index contributed by atoms with van der Waals surface area (Å²) in [5, 5.41) is 23.2. The molecule has 6 heteroatoms. The monoisotopic (exact) mass is 860 g/mol. The van der Waals surface area contributed by atoms with Crippen LogP contribution in [0.1, 0.15) is 290 Å². The molecule has 0 saturated heterocycles. The molecule has 0 aromatic rings. The number of hydrogen-bond acceptors (Lipinski definition) is 5. The SMILES string of the molecule is CCCCC/C=C\C/C=C\CCCCCCCC(=O)OCCCCCCCCCCCCCCCCCCC(=O)NC(CO)C(O)CCCCCCCCCCCCCCC. The Balaban J connectivity index is 3.42. The lowest BCUT2D eigenvalue weighted by Crippen LogP contribution is -2.45. The van der Waals surface area contributed by atoms with Gasteiger partial charge in [0.2, 0.25) is 5.91 Å². The van der Waals surface area contributed by atoms with Gasteiger partial charge in [-0.25, -0.2) is 0 Å². The lowest BCUT2D eigenvalue weighted by Gasteiger charge is -2.22. The molecule has 0 aliphatic carbocycles. The first-order valence-corrected chi connectivity index (χ1v) is 27.1. The molecule has 0 bridgehead atoms. The Labute approximate surface area is 380 Å². The molecule has 61 heavy (non-hydrogen) atoms. The summed E-state index contributed by atoms with van der Waals surface area (Å²) in [5.41, 5.74) is 0. The van der Waals surface area contributed by atoms with Gasteiger partial charge in [0, 0.05) is 12.8 Å². The number of rotatable bonds is 50. The van der Waals surface area contributed by atoms with E-state index in [1.165, 1.54) is 199 Å². The van der Waals surface area contributed by atoms with Gasteiger partial charge < -0.3 is 20.3 Å². The highest BCUT2D eigenvalue weighted by Gasteiger charge is 2.20. The first-order valence-electron chi connectivity index (χ1n) is 27.1. The van der Waals surface area contributed by atoms with Crippen molar-refractivity contribution in [1.82, 2.24) is 5.32 Å². The molecule has 3 N–H and O–H groups in total. The standard InChI is InChI=1S/C55H105NO5/c1-3-5-7-9-11-13-15-17-20-25-29-33-37-41-45-49-55(60)61-50-46-42-38-34-30-26-22-19-18-21-24-28-32-36-40-44-48-54(59)56-52(51-57)53(58)47-43-39-35-31-27-23-16-14-12-10-8-6-4-2/h11,13,17,20,52-53,57-58H,3-10,12,14-16,18-19,21-51H2,1-2H3,(H,56,59)/b13-11-,20-17-. The molecule has 0 aliphatic rings. The Hall–Kier alpha value is -1.66. The molecule has 6 nitrogen and oxygen atoms in total. The molecule has 0 spiro atoms. The summed E-state index contributed by atoms with van der Waals surface area (Å²) in [4.78, 5) is 24.5. The second-order valence-corrected chi connectivity index (χ2v) is 18.6. The molecule has 0 rings (SSSR count). The molecule has 0 saturated carbocycles. The first kappa shape index (κ1) is 59.3. The number of unbranched alkanes of at least 4 members (excludes halogenated alkanes) is 35. The third kappa shape index (κ3) is 47.7. The van der Waals surface area contributed by atoms with Crippen LogP contribution in [-0.2, 0) is 14.3 Å². The van der Waals surface area contributed by atoms with Gasteiger partial charge in [-0.3, -0.25) is 9.59 Å². The second kappa shape index (κ2) is 51.0. The molecule has 1 amide bonds. The maximum Gasteiger partial charge on any atom is 0.305 e. The van der Waals surface area contributed by atoms with Crippen LogP contribution in [0.4, 0.5) is 0 Å². The van der Waals surface area contributed by atoms with E-state index in [0.29, 0.717) is 25.9 Å². The Kier molecular flexibility index (Phi) is 49.6. The van der Waals surface area contributed by atoms with E-state index < -0.39 is 12.1 Å². The van der Waals surface area contributed by atoms with Crippen LogP contribution in [0.5, 0.6) is 0 Å². The Morgan fingerprint density at radius 1 is 0.459 bits per heavy atom. The largest absolute Gasteiger partial charge is 0.466 e. The normalized spacial score (nSPS) is 12.8. The van der Waals surface area contributed by atoms with Crippen molar-refractivity contribution >= 4 is 11.9 Å². The average molecular weight is 860 g/mol. The third-order valence-corrected chi connectivity index (χ3v) is 12.5. The second-order valence-electron chi connectivity index (χ2n) is 18.6. The Morgan fingerprint density at radius 2 is 0.820 bits per heavy atom. The van der Waals surface area contributed by atoms with E-state index >= 15 is 0 Å². The summed E-state index contributed by atoms with van der Waals surface area (Å²) in [6, 6.07) is -0.546. The maximum atomic E-state index is 12.4. The number of allylic oxidation sites excluding steroid dienone is 4. The fourth-order valence-electron chi connectivity index (χ4n) is 8.32. The maximum absolute atomic E-state index is 12.4. The van der Waals surface area contributed by atoms with E-state index in [4.69, 9.17) is 4.74 Å². The number of aliphatic hydroxyl groups is 2. The number of hydrogen-bond donors (Lipinski definition) is 3. The van der Waals surface area contributed by atoms with Gasteiger partial charge in [0.1, 0.15) is 0 Å². The van der Waals surface area contributed by atoms with Gasteiger partial charge in [-0.05, 0) is 57.8 Å². The van der Waals surface area contributed by atoms with Gasteiger partial charge >= 0.3 is 5.97 Å². The summed E-state index contributed by atoms with van der Waals surface area (Å²) in [7, 11) is 0. The highest BCUT2D eigenvalue weighted by molar-refractivity contribution is 5.76. The number of nitrogens with one attached hydrogen (secondary N) is 1. The first-order chi connectivity index (χ1) is 30.0. The fourth-order valence-corrected chi connectivity index (χ4v) is 8.32. The van der Waals surface area contributed by atoms with Crippen LogP contribution < -0.4 is 5.32 Å². The predicted molar refractivity (Wildman–Crippen MR) is 264 cm³/mol. The summed E-state index contributed by atoms with van der Waals surface area (Å²) in [6.07, 6.45) is 60.1. The molecule has 0 fully saturated rings. The van der Waals surface area contributed by atoms with E-state index in [1.807, 2.05) is 0 Å². The van der Waals surface area contributed by atoms with Crippen molar-refractivity contribution in [1.29, 1.82) is 0 Å². The third-order valence-electron chi connectivity index (χ3n) is 12.5. The summed E-state index contributed by atoms with van der Waals surface area (Å²) >= 11 is 0. The molecule has 2 unspecified atom stereocenters. The van der Waals surface area contributed by atoms with Crippen LogP contribution in [0.25, 0.3) is 0 Å². The van der Waals surface area contributed by atoms with Gasteiger partial charge in [-0.1, -0.05) is 244 Å². The zero-order chi connectivity index (χ0) is 44.4. The Bertz CT molecular complexity index is 951. The zero-order valence-corrected chi connectivity index (χ0v) is 40.9. The van der Waals surface area contributed by atoms with Gasteiger partial charge in [0.05, 0.1) is 25.4 Å². The van der Waals surface area contributed by atoms with Crippen LogP contribution in [-0.4, -0.2) is 47.4 Å². The molecule has 0 aromatic heterocycles. The van der Waals surface area contributed by atoms with Crippen LogP contribution >= 0.6 is 0 Å². The van der Waals surface area contributed by atoms with E-state index in [0.717, 1.165) is 57.8 Å². The lowest BCUT2D eigenvalue weighted by atomic mass is 10.0. The molecular formula is C55H105NO5. The van der Waals surface area contributed by atoms with Gasteiger partial charge in [0.15, 0.2) is 0 Å². The van der Waals surface area contributed by atoms with Gasteiger partial charge in [-0.15, -0.1) is 0 Å². The van der Waals surface area contributed by atoms with Crippen LogP contribution in [0, 0.1) is 0 Å². The summed E-state index contributed by atoms with van der Waals surface area (Å²) < 4.78 is 5.46. The smallest absolute Gasteiger partial charge is 0.305 e. The van der Waals surface area contributed by atoms with E-state index in [9.17, 15) is 19.8 Å². The van der Waals surface area contributed by atoms with Crippen molar-refractivity contribution in [3.8, 4) is 0 Å². The molecule has 0 aromatic carbocycles. The molecule has 0 aliphatic heterocycles. The van der Waals surface area contributed by atoms with E-state index in [1.54, 1.807) is 0 Å². The van der Waals surface area contributed by atoms with Crippen molar-refractivity contribution in [3.05, 3.63) is 24.3 Å². The number of esters is 1. The Morgan fingerprint density at radius 3 is 1.28 bits per heavy atom. The van der Waals surface area contributed by atoms with Crippen LogP contribution in [0.2, 0.25) is 0 Å². The van der Waals surface area contributed by atoms with Crippen LogP contribution in [0.3, 0.4) is 0 Å². The predicted octanol–water partition coefficient (Wildman–Crippen LogP) is 16.3. The van der Waals surface area contributed by atoms with Crippen molar-refractivity contribution in [2.45, 2.75) is 302 Å². The number of amides is 1. The minimum Gasteiger partial charge on any atom is -0.466 e. The minimum absolute atomic E-state index is 0.0108.